The average Bonchev–Trinajstić information content (AvgIpc) is 2.35. The van der Waals surface area contributed by atoms with Crippen LogP contribution < -0.4 is 5.73 Å². The molecule has 1 atom stereocenters. The van der Waals surface area contributed by atoms with Gasteiger partial charge in [-0.05, 0) is 13.0 Å². The fourth-order valence-electron chi connectivity index (χ4n) is 0.926. The Morgan fingerprint density at radius 1 is 1.82 bits per heavy atom. The molecule has 0 aliphatic carbocycles. The van der Waals surface area contributed by atoms with E-state index in [2.05, 4.69) is 5.10 Å². The first-order chi connectivity index (χ1) is 5.20. The van der Waals surface area contributed by atoms with Gasteiger partial charge in [0.25, 0.3) is 0 Å². The molecule has 1 rings (SSSR count). The van der Waals surface area contributed by atoms with E-state index in [1.54, 1.807) is 6.20 Å². The first-order valence-electron chi connectivity index (χ1n) is 3.47. The second-order valence-corrected chi connectivity index (χ2v) is 3.03. The van der Waals surface area contributed by atoms with Crippen LogP contribution in [0, 0.1) is 0 Å². The van der Waals surface area contributed by atoms with Crippen molar-refractivity contribution in [3.8, 4) is 0 Å². The quantitative estimate of drug-likeness (QED) is 0.689. The summed E-state index contributed by atoms with van der Waals surface area (Å²) in [5.74, 6) is 0. The Hall–Kier alpha value is -0.900. The summed E-state index contributed by atoms with van der Waals surface area (Å²) in [5, 5.41) is 4.07. The van der Waals surface area contributed by atoms with Gasteiger partial charge in [-0.2, -0.15) is 5.10 Å². The van der Waals surface area contributed by atoms with E-state index in [0.717, 1.165) is 0 Å². The standard InChI is InChI=1S/C7H11N3S/c1-6(5-7(8)11)10-4-2-3-9-10/h2-4,6H,5H2,1H3,(H2,8,11)/t6-/m0/s1. The highest BCUT2D eigenvalue weighted by molar-refractivity contribution is 7.80. The van der Waals surface area contributed by atoms with Crippen LogP contribution in [0.5, 0.6) is 0 Å². The lowest BCUT2D eigenvalue weighted by molar-refractivity contribution is 0.507. The molecular formula is C7H11N3S. The Kier molecular flexibility index (Phi) is 2.59. The molecule has 0 unspecified atom stereocenters. The molecule has 0 fully saturated rings. The summed E-state index contributed by atoms with van der Waals surface area (Å²) in [7, 11) is 0. The monoisotopic (exact) mass is 169 g/mol. The van der Waals surface area contributed by atoms with E-state index in [1.807, 2.05) is 23.9 Å². The lowest BCUT2D eigenvalue weighted by atomic mass is 10.2. The van der Waals surface area contributed by atoms with Crippen molar-refractivity contribution in [2.75, 3.05) is 0 Å². The predicted octanol–water partition coefficient (Wildman–Crippen LogP) is 1.12. The summed E-state index contributed by atoms with van der Waals surface area (Å²) in [5.41, 5.74) is 5.39. The first kappa shape index (κ1) is 8.20. The van der Waals surface area contributed by atoms with Crippen LogP contribution in [0.2, 0.25) is 0 Å². The van der Waals surface area contributed by atoms with Gasteiger partial charge >= 0.3 is 0 Å². The number of nitrogens with zero attached hydrogens (tertiary/aromatic N) is 2. The molecule has 0 aliphatic rings. The van der Waals surface area contributed by atoms with E-state index < -0.39 is 0 Å². The second-order valence-electron chi connectivity index (χ2n) is 2.51. The molecule has 0 saturated heterocycles. The molecule has 0 aliphatic heterocycles. The zero-order chi connectivity index (χ0) is 8.27. The van der Waals surface area contributed by atoms with Crippen molar-refractivity contribution < 1.29 is 0 Å². The SMILES string of the molecule is C[C@@H](CC(N)=S)n1cccn1. The number of thiocarbonyl (C=S) groups is 1. The number of hydrogen-bond donors (Lipinski definition) is 1. The van der Waals surface area contributed by atoms with E-state index in [9.17, 15) is 0 Å². The molecule has 60 valence electrons. The van der Waals surface area contributed by atoms with Crippen molar-refractivity contribution in [3.05, 3.63) is 18.5 Å². The molecule has 0 amide bonds. The normalized spacial score (nSPS) is 12.8. The van der Waals surface area contributed by atoms with Crippen molar-refractivity contribution in [1.29, 1.82) is 0 Å². The minimum absolute atomic E-state index is 0.266. The average molecular weight is 169 g/mol. The Morgan fingerprint density at radius 2 is 2.55 bits per heavy atom. The van der Waals surface area contributed by atoms with Crippen LogP contribution in [0.3, 0.4) is 0 Å². The molecule has 0 saturated carbocycles. The van der Waals surface area contributed by atoms with Crippen LogP contribution in [0.1, 0.15) is 19.4 Å². The smallest absolute Gasteiger partial charge is 0.0748 e. The van der Waals surface area contributed by atoms with Crippen LogP contribution in [-0.2, 0) is 0 Å². The van der Waals surface area contributed by atoms with E-state index in [-0.39, 0.29) is 6.04 Å². The fourth-order valence-corrected chi connectivity index (χ4v) is 1.17. The number of aromatic nitrogens is 2. The molecule has 11 heavy (non-hydrogen) atoms. The van der Waals surface area contributed by atoms with E-state index in [0.29, 0.717) is 11.4 Å². The molecule has 3 nitrogen and oxygen atoms in total. The molecule has 0 aromatic carbocycles. The molecule has 1 heterocycles. The van der Waals surface area contributed by atoms with Gasteiger partial charge in [0.15, 0.2) is 0 Å². The number of nitrogens with two attached hydrogens (primary N) is 1. The highest BCUT2D eigenvalue weighted by Gasteiger charge is 2.04. The van der Waals surface area contributed by atoms with Crippen molar-refractivity contribution in [2.24, 2.45) is 5.73 Å². The van der Waals surface area contributed by atoms with Gasteiger partial charge in [-0.3, -0.25) is 4.68 Å². The van der Waals surface area contributed by atoms with Crippen molar-refractivity contribution in [1.82, 2.24) is 9.78 Å². The Bertz CT molecular complexity index is 230. The Labute approximate surface area is 71.2 Å². The minimum atomic E-state index is 0.266. The number of hydrogen-bond acceptors (Lipinski definition) is 2. The van der Waals surface area contributed by atoms with Gasteiger partial charge < -0.3 is 5.73 Å². The molecule has 1 aromatic rings. The van der Waals surface area contributed by atoms with Gasteiger partial charge in [-0.25, -0.2) is 0 Å². The van der Waals surface area contributed by atoms with Gasteiger partial charge in [0, 0.05) is 18.8 Å². The molecular weight excluding hydrogens is 158 g/mol. The summed E-state index contributed by atoms with van der Waals surface area (Å²) < 4.78 is 1.85. The van der Waals surface area contributed by atoms with E-state index in [4.69, 9.17) is 18.0 Å². The van der Waals surface area contributed by atoms with E-state index >= 15 is 0 Å². The predicted molar refractivity (Wildman–Crippen MR) is 48.3 cm³/mol. The Morgan fingerprint density at radius 3 is 3.00 bits per heavy atom. The van der Waals surface area contributed by atoms with Gasteiger partial charge in [0.1, 0.15) is 0 Å². The molecule has 4 heteroatoms. The van der Waals surface area contributed by atoms with Gasteiger partial charge in [0.2, 0.25) is 0 Å². The zero-order valence-corrected chi connectivity index (χ0v) is 7.21. The van der Waals surface area contributed by atoms with Gasteiger partial charge in [0.05, 0.1) is 11.0 Å². The highest BCUT2D eigenvalue weighted by atomic mass is 32.1. The topological polar surface area (TPSA) is 43.8 Å². The fraction of sp³-hybridized carbons (Fsp3) is 0.429. The summed E-state index contributed by atoms with van der Waals surface area (Å²) in [6.07, 6.45) is 4.36. The summed E-state index contributed by atoms with van der Waals surface area (Å²) in [6.45, 7) is 2.03. The highest BCUT2D eigenvalue weighted by Crippen LogP contribution is 2.07. The van der Waals surface area contributed by atoms with Crippen molar-refractivity contribution in [3.63, 3.8) is 0 Å². The summed E-state index contributed by atoms with van der Waals surface area (Å²) in [4.78, 5) is 0.535. The van der Waals surface area contributed by atoms with Crippen LogP contribution in [0.4, 0.5) is 0 Å². The largest absolute Gasteiger partial charge is 0.393 e. The lowest BCUT2D eigenvalue weighted by Crippen LogP contribution is -2.15. The zero-order valence-electron chi connectivity index (χ0n) is 6.40. The van der Waals surface area contributed by atoms with E-state index in [1.165, 1.54) is 0 Å². The molecule has 0 radical (unpaired) electrons. The van der Waals surface area contributed by atoms with Gasteiger partial charge in [-0.15, -0.1) is 0 Å². The molecule has 0 spiro atoms. The third kappa shape index (κ3) is 2.31. The van der Waals surface area contributed by atoms with Crippen LogP contribution in [0.25, 0.3) is 0 Å². The Balaban J connectivity index is 2.56. The van der Waals surface area contributed by atoms with Gasteiger partial charge in [-0.1, -0.05) is 12.2 Å². The molecule has 1 aromatic heterocycles. The van der Waals surface area contributed by atoms with Crippen LogP contribution in [0.15, 0.2) is 18.5 Å². The third-order valence-corrected chi connectivity index (χ3v) is 1.64. The first-order valence-corrected chi connectivity index (χ1v) is 3.88. The molecule has 2 N–H and O–H groups in total. The maximum atomic E-state index is 5.39. The summed E-state index contributed by atoms with van der Waals surface area (Å²) >= 11 is 4.78. The maximum absolute atomic E-state index is 5.39. The summed E-state index contributed by atoms with van der Waals surface area (Å²) in [6, 6.07) is 2.15. The second kappa shape index (κ2) is 3.48. The minimum Gasteiger partial charge on any atom is -0.393 e. The van der Waals surface area contributed by atoms with Crippen molar-refractivity contribution in [2.45, 2.75) is 19.4 Å². The van der Waals surface area contributed by atoms with Crippen LogP contribution >= 0.6 is 12.2 Å². The number of rotatable bonds is 3. The molecule has 0 bridgehead atoms. The third-order valence-electron chi connectivity index (χ3n) is 1.47. The van der Waals surface area contributed by atoms with Crippen molar-refractivity contribution >= 4 is 17.2 Å². The lowest BCUT2D eigenvalue weighted by Gasteiger charge is -2.09. The maximum Gasteiger partial charge on any atom is 0.0748 e. The van der Waals surface area contributed by atoms with Crippen LogP contribution in [-0.4, -0.2) is 14.8 Å².